The zero-order valence-electron chi connectivity index (χ0n) is 22.8. The van der Waals surface area contributed by atoms with Crippen molar-refractivity contribution in [3.8, 4) is 0 Å². The Balaban J connectivity index is 1.45. The third kappa shape index (κ3) is 3.13. The average Bonchev–Trinajstić information content (AvgIpc) is 3.09. The number of ether oxygens (including phenoxy) is 1. The van der Waals surface area contributed by atoms with E-state index in [4.69, 9.17) is 4.74 Å². The number of carbonyl (C=O) groups excluding carboxylic acids is 1. The largest absolute Gasteiger partial charge is 0.468 e. The SMILES string of the molecule is C[C@H](COC=O)[C@H]1CC[C@]2(C)[C@H]3CC[C@@H]4[C@@]5(C)CCCC(C)(C)[C@H]5CC[C@@]4(C)[C@]3(C)CC[C@@H]12. The Morgan fingerprint density at radius 3 is 2.06 bits per heavy atom. The molecule has 0 spiro atoms. The van der Waals surface area contributed by atoms with Crippen molar-refractivity contribution >= 4 is 6.47 Å². The van der Waals surface area contributed by atoms with Gasteiger partial charge in [0.05, 0.1) is 6.61 Å². The van der Waals surface area contributed by atoms with E-state index in [-0.39, 0.29) is 0 Å². The Morgan fingerprint density at radius 1 is 0.758 bits per heavy atom. The summed E-state index contributed by atoms with van der Waals surface area (Å²) in [6.45, 7) is 19.7. The zero-order valence-corrected chi connectivity index (χ0v) is 22.8. The maximum atomic E-state index is 10.8. The van der Waals surface area contributed by atoms with Crippen LogP contribution >= 0.6 is 0 Å². The summed E-state index contributed by atoms with van der Waals surface area (Å²) in [5.74, 6) is 4.74. The van der Waals surface area contributed by atoms with E-state index in [1.165, 1.54) is 70.6 Å². The highest BCUT2D eigenvalue weighted by Crippen LogP contribution is 2.78. The van der Waals surface area contributed by atoms with Crippen LogP contribution in [0.4, 0.5) is 0 Å². The molecule has 2 heteroatoms. The minimum Gasteiger partial charge on any atom is -0.468 e. The van der Waals surface area contributed by atoms with Crippen molar-refractivity contribution < 1.29 is 9.53 Å². The van der Waals surface area contributed by atoms with E-state index in [2.05, 4.69) is 48.5 Å². The molecule has 0 aromatic rings. The number of hydrogen-bond acceptors (Lipinski definition) is 2. The highest BCUT2D eigenvalue weighted by molar-refractivity contribution is 5.36. The summed E-state index contributed by atoms with van der Waals surface area (Å²) in [4.78, 5) is 10.8. The van der Waals surface area contributed by atoms with E-state index < -0.39 is 0 Å². The van der Waals surface area contributed by atoms with Gasteiger partial charge in [0.2, 0.25) is 0 Å². The minimum atomic E-state index is 0.477. The molecule has 5 aliphatic rings. The molecule has 33 heavy (non-hydrogen) atoms. The Morgan fingerprint density at radius 2 is 1.39 bits per heavy atom. The number of carbonyl (C=O) groups is 1. The van der Waals surface area contributed by atoms with E-state index in [9.17, 15) is 4.79 Å². The lowest BCUT2D eigenvalue weighted by Crippen LogP contribution is -2.65. The van der Waals surface area contributed by atoms with E-state index in [1.54, 1.807) is 0 Å². The average molecular weight is 457 g/mol. The summed E-state index contributed by atoms with van der Waals surface area (Å²) < 4.78 is 5.23. The van der Waals surface area contributed by atoms with E-state index in [0.29, 0.717) is 46.1 Å². The van der Waals surface area contributed by atoms with Gasteiger partial charge in [0.25, 0.3) is 6.47 Å². The van der Waals surface area contributed by atoms with E-state index in [0.717, 1.165) is 29.6 Å². The summed E-state index contributed by atoms with van der Waals surface area (Å²) in [6, 6.07) is 0. The van der Waals surface area contributed by atoms with Crippen molar-refractivity contribution in [3.63, 3.8) is 0 Å². The van der Waals surface area contributed by atoms with Crippen LogP contribution in [0.5, 0.6) is 0 Å². The summed E-state index contributed by atoms with van der Waals surface area (Å²) in [7, 11) is 0. The highest BCUT2D eigenvalue weighted by atomic mass is 16.5. The molecule has 0 bridgehead atoms. The second kappa shape index (κ2) is 7.73. The molecule has 0 heterocycles. The molecule has 0 aromatic heterocycles. The molecular weight excluding hydrogens is 404 g/mol. The molecule has 0 amide bonds. The van der Waals surface area contributed by atoms with Crippen LogP contribution in [0.1, 0.15) is 119 Å². The molecule has 10 atom stereocenters. The van der Waals surface area contributed by atoms with Gasteiger partial charge in [0, 0.05) is 0 Å². The van der Waals surface area contributed by atoms with E-state index in [1.807, 2.05) is 0 Å². The first-order valence-corrected chi connectivity index (χ1v) is 14.5. The first-order chi connectivity index (χ1) is 15.4. The predicted molar refractivity (Wildman–Crippen MR) is 136 cm³/mol. The molecule has 5 saturated carbocycles. The Kier molecular flexibility index (Phi) is 5.67. The number of fused-ring (bicyclic) bond motifs is 7. The fourth-order valence-electron chi connectivity index (χ4n) is 12.3. The third-order valence-electron chi connectivity index (χ3n) is 13.9. The van der Waals surface area contributed by atoms with Gasteiger partial charge in [-0.2, -0.15) is 0 Å². The van der Waals surface area contributed by atoms with Crippen LogP contribution < -0.4 is 0 Å². The van der Waals surface area contributed by atoms with Gasteiger partial charge in [-0.1, -0.05) is 54.9 Å². The van der Waals surface area contributed by atoms with Crippen molar-refractivity contribution in [2.75, 3.05) is 6.61 Å². The molecule has 5 fully saturated rings. The van der Waals surface area contributed by atoms with Crippen molar-refractivity contribution in [1.82, 2.24) is 0 Å². The van der Waals surface area contributed by atoms with Crippen LogP contribution in [0.3, 0.4) is 0 Å². The van der Waals surface area contributed by atoms with Crippen LogP contribution in [0.2, 0.25) is 0 Å². The zero-order chi connectivity index (χ0) is 23.9. The molecule has 5 aliphatic carbocycles. The molecule has 0 unspecified atom stereocenters. The van der Waals surface area contributed by atoms with Gasteiger partial charge < -0.3 is 4.74 Å². The molecule has 0 saturated heterocycles. The molecule has 188 valence electrons. The van der Waals surface area contributed by atoms with Crippen molar-refractivity contribution in [2.24, 2.45) is 62.6 Å². The highest BCUT2D eigenvalue weighted by Gasteiger charge is 2.70. The van der Waals surface area contributed by atoms with Crippen LogP contribution in [0.25, 0.3) is 0 Å². The summed E-state index contributed by atoms with van der Waals surface area (Å²) in [5, 5.41) is 0. The normalized spacial score (nSPS) is 53.7. The van der Waals surface area contributed by atoms with Gasteiger partial charge >= 0.3 is 0 Å². The van der Waals surface area contributed by atoms with Gasteiger partial charge in [0.15, 0.2) is 0 Å². The van der Waals surface area contributed by atoms with Crippen LogP contribution in [0, 0.1) is 62.6 Å². The van der Waals surface area contributed by atoms with Gasteiger partial charge in [-0.3, -0.25) is 4.79 Å². The Labute approximate surface area is 204 Å². The van der Waals surface area contributed by atoms with Crippen LogP contribution in [-0.4, -0.2) is 13.1 Å². The topological polar surface area (TPSA) is 26.3 Å². The molecule has 0 aromatic carbocycles. The van der Waals surface area contributed by atoms with Crippen molar-refractivity contribution in [1.29, 1.82) is 0 Å². The number of hydrogen-bond donors (Lipinski definition) is 0. The minimum absolute atomic E-state index is 0.477. The number of rotatable bonds is 4. The van der Waals surface area contributed by atoms with E-state index >= 15 is 0 Å². The Hall–Kier alpha value is -0.530. The smallest absolute Gasteiger partial charge is 0.293 e. The first kappa shape index (κ1) is 24.2. The summed E-state index contributed by atoms with van der Waals surface area (Å²) in [6.07, 6.45) is 15.7. The van der Waals surface area contributed by atoms with Gasteiger partial charge in [-0.15, -0.1) is 0 Å². The van der Waals surface area contributed by atoms with Crippen molar-refractivity contribution in [3.05, 3.63) is 0 Å². The van der Waals surface area contributed by atoms with Gasteiger partial charge in [0.1, 0.15) is 0 Å². The standard InChI is InChI=1S/C31H52O2/c1-21(19-33-20-32)22-11-16-28(4)23(22)12-17-30(6)25(28)9-10-26-29(5)15-8-14-27(2,3)24(29)13-18-31(26,30)7/h20-26H,8-19H2,1-7H3/t21-,22-,23+,24-,25-,26-,28+,29+,30-,31-/m1/s1. The quantitative estimate of drug-likeness (QED) is 0.398. The van der Waals surface area contributed by atoms with Gasteiger partial charge in [-0.25, -0.2) is 0 Å². The first-order valence-electron chi connectivity index (χ1n) is 14.5. The van der Waals surface area contributed by atoms with Crippen LogP contribution in [-0.2, 0) is 9.53 Å². The molecule has 5 rings (SSSR count). The third-order valence-corrected chi connectivity index (χ3v) is 13.9. The monoisotopic (exact) mass is 456 g/mol. The molecule has 2 nitrogen and oxygen atoms in total. The summed E-state index contributed by atoms with van der Waals surface area (Å²) >= 11 is 0. The second-order valence-corrected chi connectivity index (χ2v) is 15.2. The maximum Gasteiger partial charge on any atom is 0.293 e. The molecule has 0 aliphatic heterocycles. The summed E-state index contributed by atoms with van der Waals surface area (Å²) in [5.41, 5.74) is 2.51. The second-order valence-electron chi connectivity index (χ2n) is 15.2. The lowest BCUT2D eigenvalue weighted by atomic mass is 9.32. The van der Waals surface area contributed by atoms with Gasteiger partial charge in [-0.05, 0) is 127 Å². The van der Waals surface area contributed by atoms with Crippen LogP contribution in [0.15, 0.2) is 0 Å². The van der Waals surface area contributed by atoms with Crippen molar-refractivity contribution in [2.45, 2.75) is 119 Å². The molecule has 0 radical (unpaired) electrons. The lowest BCUT2D eigenvalue weighted by Gasteiger charge is -2.73. The predicted octanol–water partition coefficient (Wildman–Crippen LogP) is 8.29. The molecular formula is C31H52O2. The fourth-order valence-corrected chi connectivity index (χ4v) is 12.3. The molecule has 0 N–H and O–H groups in total. The Bertz CT molecular complexity index is 773. The lowest BCUT2D eigenvalue weighted by molar-refractivity contribution is -0.241. The fraction of sp³-hybridized carbons (Fsp3) is 0.968. The maximum absolute atomic E-state index is 10.8.